The van der Waals surface area contributed by atoms with E-state index >= 15 is 0 Å². The van der Waals surface area contributed by atoms with Gasteiger partial charge in [-0.25, -0.2) is 4.90 Å². The van der Waals surface area contributed by atoms with E-state index in [0.29, 0.717) is 11.6 Å². The van der Waals surface area contributed by atoms with Gasteiger partial charge in [0.25, 0.3) is 5.91 Å². The molecular weight excluding hydrogens is 376 g/mol. The minimum atomic E-state index is -0.759. The maximum atomic E-state index is 13.4. The van der Waals surface area contributed by atoms with E-state index in [4.69, 9.17) is 0 Å². The summed E-state index contributed by atoms with van der Waals surface area (Å²) in [5.74, 6) is -0.242. The van der Waals surface area contributed by atoms with E-state index in [0.717, 1.165) is 24.0 Å². The van der Waals surface area contributed by atoms with Crippen LogP contribution in [-0.2, 0) is 14.4 Å². The number of anilines is 1. The highest BCUT2D eigenvalue weighted by Crippen LogP contribution is 2.38. The fourth-order valence-electron chi connectivity index (χ4n) is 4.16. The molecule has 2 unspecified atom stereocenters. The summed E-state index contributed by atoms with van der Waals surface area (Å²) < 4.78 is 0. The molecule has 1 saturated carbocycles. The van der Waals surface area contributed by atoms with Gasteiger partial charge in [-0.05, 0) is 48.9 Å². The molecular formula is C25H28N2O3. The Morgan fingerprint density at radius 2 is 1.57 bits per heavy atom. The molecule has 2 fully saturated rings. The standard InChI is InChI=1S/C25H28N2O3/c1-16(2)18-11-13-21(14-12-18)27-23(28)15-22(25(27)30)26(24(29)20-9-10-20)17(3)19-7-5-4-6-8-19/h4-8,11-14,16-17,20,22H,9-10,15H2,1-3H3. The lowest BCUT2D eigenvalue weighted by atomic mass is 10.0. The average Bonchev–Trinajstić information content (AvgIpc) is 3.55. The first-order valence-corrected chi connectivity index (χ1v) is 10.7. The predicted octanol–water partition coefficient (Wildman–Crippen LogP) is 4.44. The number of carbonyl (C=O) groups excluding carboxylic acids is 3. The van der Waals surface area contributed by atoms with Gasteiger partial charge in [0.2, 0.25) is 11.8 Å². The summed E-state index contributed by atoms with van der Waals surface area (Å²) in [5.41, 5.74) is 2.69. The fraction of sp³-hybridized carbons (Fsp3) is 0.400. The molecule has 1 saturated heterocycles. The molecule has 2 aromatic carbocycles. The first-order valence-electron chi connectivity index (χ1n) is 10.7. The monoisotopic (exact) mass is 404 g/mol. The van der Waals surface area contributed by atoms with Crippen molar-refractivity contribution in [2.75, 3.05) is 4.90 Å². The van der Waals surface area contributed by atoms with E-state index < -0.39 is 6.04 Å². The van der Waals surface area contributed by atoms with Crippen LogP contribution in [0, 0.1) is 5.92 Å². The second-order valence-corrected chi connectivity index (χ2v) is 8.64. The second-order valence-electron chi connectivity index (χ2n) is 8.64. The highest BCUT2D eigenvalue weighted by Gasteiger charge is 2.48. The van der Waals surface area contributed by atoms with E-state index in [2.05, 4.69) is 13.8 Å². The lowest BCUT2D eigenvalue weighted by Crippen LogP contribution is -2.47. The molecule has 4 rings (SSSR count). The Morgan fingerprint density at radius 3 is 2.13 bits per heavy atom. The average molecular weight is 405 g/mol. The molecule has 0 radical (unpaired) electrons. The van der Waals surface area contributed by atoms with Gasteiger partial charge < -0.3 is 4.90 Å². The number of benzene rings is 2. The topological polar surface area (TPSA) is 57.7 Å². The van der Waals surface area contributed by atoms with Gasteiger partial charge in [-0.1, -0.05) is 56.3 Å². The van der Waals surface area contributed by atoms with E-state index in [1.165, 1.54) is 4.90 Å². The summed E-state index contributed by atoms with van der Waals surface area (Å²) in [6.07, 6.45) is 1.73. The normalized spacial score (nSPS) is 20.0. The maximum Gasteiger partial charge on any atom is 0.257 e. The van der Waals surface area contributed by atoms with Crippen LogP contribution < -0.4 is 4.90 Å². The molecule has 0 bridgehead atoms. The number of imide groups is 1. The van der Waals surface area contributed by atoms with Gasteiger partial charge in [0.1, 0.15) is 6.04 Å². The molecule has 5 heteroatoms. The van der Waals surface area contributed by atoms with Crippen molar-refractivity contribution in [1.29, 1.82) is 0 Å². The molecule has 5 nitrogen and oxygen atoms in total. The zero-order valence-electron chi connectivity index (χ0n) is 17.7. The van der Waals surface area contributed by atoms with Crippen molar-refractivity contribution >= 4 is 23.4 Å². The molecule has 2 aromatic rings. The van der Waals surface area contributed by atoms with Gasteiger partial charge in [-0.15, -0.1) is 0 Å². The van der Waals surface area contributed by atoms with Crippen molar-refractivity contribution in [3.05, 3.63) is 65.7 Å². The van der Waals surface area contributed by atoms with Crippen LogP contribution in [0.25, 0.3) is 0 Å². The van der Waals surface area contributed by atoms with Crippen molar-refractivity contribution in [3.8, 4) is 0 Å². The summed E-state index contributed by atoms with van der Waals surface area (Å²) in [5, 5.41) is 0. The number of rotatable bonds is 6. The number of amides is 3. The van der Waals surface area contributed by atoms with E-state index in [9.17, 15) is 14.4 Å². The van der Waals surface area contributed by atoms with Crippen LogP contribution in [0.2, 0.25) is 0 Å². The molecule has 30 heavy (non-hydrogen) atoms. The summed E-state index contributed by atoms with van der Waals surface area (Å²) in [4.78, 5) is 42.3. The van der Waals surface area contributed by atoms with Gasteiger partial charge in [-0.2, -0.15) is 0 Å². The molecule has 3 amide bonds. The third kappa shape index (κ3) is 3.76. The van der Waals surface area contributed by atoms with E-state index in [1.807, 2.05) is 61.5 Å². The van der Waals surface area contributed by atoms with Gasteiger partial charge in [0.05, 0.1) is 18.2 Å². The summed E-state index contributed by atoms with van der Waals surface area (Å²) >= 11 is 0. The van der Waals surface area contributed by atoms with Crippen LogP contribution in [0.1, 0.15) is 63.1 Å². The molecule has 2 atom stereocenters. The minimum absolute atomic E-state index is 0.0190. The van der Waals surface area contributed by atoms with Crippen molar-refractivity contribution < 1.29 is 14.4 Å². The van der Waals surface area contributed by atoms with Crippen LogP contribution in [0.15, 0.2) is 54.6 Å². The Labute approximate surface area is 177 Å². The molecule has 156 valence electrons. The first-order chi connectivity index (χ1) is 14.4. The Balaban J connectivity index is 1.64. The molecule has 0 aromatic heterocycles. The lowest BCUT2D eigenvalue weighted by Gasteiger charge is -2.34. The summed E-state index contributed by atoms with van der Waals surface area (Å²) in [7, 11) is 0. The summed E-state index contributed by atoms with van der Waals surface area (Å²) in [6, 6.07) is 16.2. The summed E-state index contributed by atoms with van der Waals surface area (Å²) in [6.45, 7) is 6.14. The van der Waals surface area contributed by atoms with Crippen LogP contribution in [-0.4, -0.2) is 28.7 Å². The Bertz CT molecular complexity index is 948. The molecule has 1 heterocycles. The van der Waals surface area contributed by atoms with Crippen LogP contribution in [0.4, 0.5) is 5.69 Å². The SMILES string of the molecule is CC(C)c1ccc(N2C(=O)CC(N(C(=O)C3CC3)C(C)c3ccccc3)C2=O)cc1. The van der Waals surface area contributed by atoms with Crippen LogP contribution in [0.5, 0.6) is 0 Å². The van der Waals surface area contributed by atoms with Crippen molar-refractivity contribution in [2.24, 2.45) is 5.92 Å². The van der Waals surface area contributed by atoms with Crippen LogP contribution >= 0.6 is 0 Å². The number of hydrogen-bond acceptors (Lipinski definition) is 3. The number of nitrogens with zero attached hydrogens (tertiary/aromatic N) is 2. The number of hydrogen-bond donors (Lipinski definition) is 0. The zero-order chi connectivity index (χ0) is 21.4. The number of carbonyl (C=O) groups is 3. The Hall–Kier alpha value is -2.95. The molecule has 2 aliphatic rings. The van der Waals surface area contributed by atoms with E-state index in [-0.39, 0.29) is 36.1 Å². The fourth-order valence-corrected chi connectivity index (χ4v) is 4.16. The lowest BCUT2D eigenvalue weighted by molar-refractivity contribution is -0.142. The Kier molecular flexibility index (Phi) is 5.46. The highest BCUT2D eigenvalue weighted by molar-refractivity contribution is 6.23. The zero-order valence-corrected chi connectivity index (χ0v) is 17.7. The second kappa shape index (κ2) is 8.05. The molecule has 0 N–H and O–H groups in total. The van der Waals surface area contributed by atoms with Gasteiger partial charge >= 0.3 is 0 Å². The predicted molar refractivity (Wildman–Crippen MR) is 116 cm³/mol. The molecule has 0 spiro atoms. The Morgan fingerprint density at radius 1 is 0.933 bits per heavy atom. The van der Waals surface area contributed by atoms with Gasteiger partial charge in [0, 0.05) is 5.92 Å². The minimum Gasteiger partial charge on any atom is -0.323 e. The third-order valence-electron chi connectivity index (χ3n) is 6.16. The molecule has 1 aliphatic carbocycles. The van der Waals surface area contributed by atoms with E-state index in [1.54, 1.807) is 4.90 Å². The van der Waals surface area contributed by atoms with Crippen molar-refractivity contribution in [1.82, 2.24) is 4.90 Å². The van der Waals surface area contributed by atoms with Crippen molar-refractivity contribution in [2.45, 2.75) is 58.0 Å². The van der Waals surface area contributed by atoms with Gasteiger partial charge in [-0.3, -0.25) is 14.4 Å². The molecule has 1 aliphatic heterocycles. The first kappa shape index (κ1) is 20.3. The quantitative estimate of drug-likeness (QED) is 0.669. The highest BCUT2D eigenvalue weighted by atomic mass is 16.2. The smallest absolute Gasteiger partial charge is 0.257 e. The van der Waals surface area contributed by atoms with Gasteiger partial charge in [0.15, 0.2) is 0 Å². The third-order valence-corrected chi connectivity index (χ3v) is 6.16. The largest absolute Gasteiger partial charge is 0.323 e. The maximum absolute atomic E-state index is 13.4. The van der Waals surface area contributed by atoms with Crippen molar-refractivity contribution in [3.63, 3.8) is 0 Å². The van der Waals surface area contributed by atoms with Crippen LogP contribution in [0.3, 0.4) is 0 Å².